The van der Waals surface area contributed by atoms with Gasteiger partial charge in [-0.2, -0.15) is 10.1 Å². The second-order valence-electron chi connectivity index (χ2n) is 7.17. The zero-order chi connectivity index (χ0) is 18.5. The van der Waals surface area contributed by atoms with Gasteiger partial charge in [0.15, 0.2) is 11.2 Å². The van der Waals surface area contributed by atoms with Gasteiger partial charge in [-0.15, -0.1) is 0 Å². The number of hydrazone groups is 1. The average Bonchev–Trinajstić information content (AvgIpc) is 2.88. The fourth-order valence-corrected chi connectivity index (χ4v) is 3.11. The highest BCUT2D eigenvalue weighted by Gasteiger charge is 2.26. The number of aromatic nitrogens is 4. The summed E-state index contributed by atoms with van der Waals surface area (Å²) in [4.78, 5) is 30.2. The van der Waals surface area contributed by atoms with E-state index < -0.39 is 0 Å². The number of aryl methyl sites for hydroxylation is 1. The second-order valence-corrected chi connectivity index (χ2v) is 7.17. The van der Waals surface area contributed by atoms with Crippen LogP contribution in [0.4, 0.5) is 5.95 Å². The fourth-order valence-electron chi connectivity index (χ4n) is 3.11. The van der Waals surface area contributed by atoms with E-state index in [0.29, 0.717) is 36.7 Å². The van der Waals surface area contributed by atoms with E-state index in [2.05, 4.69) is 16.7 Å². The van der Waals surface area contributed by atoms with Gasteiger partial charge in [-0.3, -0.25) is 18.5 Å². The molecule has 0 fully saturated rings. The highest BCUT2D eigenvalue weighted by Crippen LogP contribution is 2.24. The predicted molar refractivity (Wildman–Crippen MR) is 99.3 cm³/mol. The third kappa shape index (κ3) is 2.81. The molecule has 25 heavy (non-hydrogen) atoms. The van der Waals surface area contributed by atoms with Crippen molar-refractivity contribution in [2.24, 2.45) is 18.1 Å². The molecular formula is C17H24N6O2. The standard InChI is InChI=1S/C17H24N6O2/c1-10(2)7-22-15(24)13-14(20(6)17(22)25)18-16-21(13)9-12(5)19-23(16)8-11(3)4/h10H,3,7-9H2,1-2,4-6H3. The van der Waals surface area contributed by atoms with Gasteiger partial charge in [-0.25, -0.2) is 9.80 Å². The van der Waals surface area contributed by atoms with Crippen molar-refractivity contribution in [2.75, 3.05) is 11.6 Å². The number of imidazole rings is 1. The molecule has 0 unspecified atom stereocenters. The monoisotopic (exact) mass is 344 g/mol. The lowest BCUT2D eigenvalue weighted by atomic mass is 10.2. The molecule has 8 heteroatoms. The predicted octanol–water partition coefficient (Wildman–Crippen LogP) is 1.32. The molecule has 0 radical (unpaired) electrons. The molecule has 0 N–H and O–H groups in total. The molecule has 8 nitrogen and oxygen atoms in total. The molecule has 134 valence electrons. The van der Waals surface area contributed by atoms with Crippen LogP contribution in [0.5, 0.6) is 0 Å². The Labute approximate surface area is 145 Å². The van der Waals surface area contributed by atoms with E-state index in [9.17, 15) is 9.59 Å². The molecule has 0 bridgehead atoms. The maximum atomic E-state index is 13.0. The van der Waals surface area contributed by atoms with Gasteiger partial charge in [0.1, 0.15) is 0 Å². The molecule has 3 rings (SSSR count). The summed E-state index contributed by atoms with van der Waals surface area (Å²) in [5.74, 6) is 0.757. The molecule has 0 saturated heterocycles. The van der Waals surface area contributed by atoms with Gasteiger partial charge >= 0.3 is 5.69 Å². The van der Waals surface area contributed by atoms with Crippen LogP contribution in [0.15, 0.2) is 26.8 Å². The number of nitrogens with zero attached hydrogens (tertiary/aromatic N) is 6. The Kier molecular flexibility index (Phi) is 4.14. The number of hydrogen-bond donors (Lipinski definition) is 0. The van der Waals surface area contributed by atoms with Gasteiger partial charge in [0.05, 0.1) is 18.8 Å². The van der Waals surface area contributed by atoms with Crippen LogP contribution in [0, 0.1) is 5.92 Å². The quantitative estimate of drug-likeness (QED) is 0.784. The summed E-state index contributed by atoms with van der Waals surface area (Å²) in [6.45, 7) is 13.1. The lowest BCUT2D eigenvalue weighted by molar-refractivity contribution is 0.484. The van der Waals surface area contributed by atoms with Crippen molar-refractivity contribution in [3.63, 3.8) is 0 Å². The molecule has 3 heterocycles. The molecule has 0 spiro atoms. The van der Waals surface area contributed by atoms with Crippen molar-refractivity contribution in [1.82, 2.24) is 18.7 Å². The van der Waals surface area contributed by atoms with E-state index in [-0.39, 0.29) is 17.2 Å². The molecule has 1 aliphatic heterocycles. The van der Waals surface area contributed by atoms with Crippen LogP contribution in [0.25, 0.3) is 11.2 Å². The molecule has 2 aromatic rings. The van der Waals surface area contributed by atoms with Gasteiger partial charge < -0.3 is 0 Å². The highest BCUT2D eigenvalue weighted by atomic mass is 16.2. The first-order valence-electron chi connectivity index (χ1n) is 8.36. The number of fused-ring (bicyclic) bond motifs is 3. The zero-order valence-corrected chi connectivity index (χ0v) is 15.4. The zero-order valence-electron chi connectivity index (χ0n) is 15.4. The highest BCUT2D eigenvalue weighted by molar-refractivity contribution is 5.87. The third-order valence-corrected chi connectivity index (χ3v) is 4.09. The Morgan fingerprint density at radius 1 is 1.32 bits per heavy atom. The van der Waals surface area contributed by atoms with Crippen molar-refractivity contribution in [2.45, 2.75) is 40.8 Å². The van der Waals surface area contributed by atoms with Crippen molar-refractivity contribution in [3.8, 4) is 0 Å². The summed E-state index contributed by atoms with van der Waals surface area (Å²) in [5, 5.41) is 6.26. The van der Waals surface area contributed by atoms with Crippen LogP contribution < -0.4 is 16.3 Å². The maximum Gasteiger partial charge on any atom is 0.332 e. The summed E-state index contributed by atoms with van der Waals surface area (Å²) in [6, 6.07) is 0. The molecule has 0 aliphatic carbocycles. The third-order valence-electron chi connectivity index (χ3n) is 4.09. The minimum absolute atomic E-state index is 0.190. The first kappa shape index (κ1) is 17.2. The normalized spacial score (nSPS) is 14.2. The number of anilines is 1. The minimum atomic E-state index is -0.342. The molecule has 1 aliphatic rings. The Hall–Kier alpha value is -2.64. The number of rotatable bonds is 4. The molecular weight excluding hydrogens is 320 g/mol. The van der Waals surface area contributed by atoms with E-state index >= 15 is 0 Å². The van der Waals surface area contributed by atoms with Gasteiger partial charge in [-0.05, 0) is 19.8 Å². The van der Waals surface area contributed by atoms with Crippen molar-refractivity contribution in [3.05, 3.63) is 33.0 Å². The lowest BCUT2D eigenvalue weighted by Gasteiger charge is -2.24. The van der Waals surface area contributed by atoms with Gasteiger partial charge in [0.2, 0.25) is 5.95 Å². The molecule has 2 aromatic heterocycles. The van der Waals surface area contributed by atoms with E-state index in [1.165, 1.54) is 9.13 Å². The van der Waals surface area contributed by atoms with Gasteiger partial charge in [-0.1, -0.05) is 26.0 Å². The largest absolute Gasteiger partial charge is 0.332 e. The average molecular weight is 344 g/mol. The summed E-state index contributed by atoms with van der Waals surface area (Å²) in [5.41, 5.74) is 2.00. The second kappa shape index (κ2) is 6.02. The van der Waals surface area contributed by atoms with E-state index in [1.54, 1.807) is 12.1 Å². The first-order chi connectivity index (χ1) is 11.7. The summed E-state index contributed by atoms with van der Waals surface area (Å²) in [6.07, 6.45) is 0. The van der Waals surface area contributed by atoms with Crippen LogP contribution in [0.1, 0.15) is 27.7 Å². The molecule has 0 saturated carbocycles. The van der Waals surface area contributed by atoms with Crippen LogP contribution in [0.2, 0.25) is 0 Å². The van der Waals surface area contributed by atoms with Crippen molar-refractivity contribution in [1.29, 1.82) is 0 Å². The molecule has 0 amide bonds. The maximum absolute atomic E-state index is 13.0. The van der Waals surface area contributed by atoms with E-state index in [4.69, 9.17) is 0 Å². The minimum Gasteiger partial charge on any atom is -0.297 e. The summed E-state index contributed by atoms with van der Waals surface area (Å²) < 4.78 is 4.59. The van der Waals surface area contributed by atoms with Gasteiger partial charge in [0, 0.05) is 13.6 Å². The first-order valence-corrected chi connectivity index (χ1v) is 8.36. The molecule has 0 aromatic carbocycles. The SMILES string of the molecule is C=C(C)CN1N=C(C)Cn2c1nc1c2c(=O)n(CC(C)C)c(=O)n1C. The Bertz CT molecular complexity index is 1000. The van der Waals surface area contributed by atoms with E-state index in [1.807, 2.05) is 32.3 Å². The van der Waals surface area contributed by atoms with Crippen LogP contribution in [-0.4, -0.2) is 30.9 Å². The molecule has 0 atom stereocenters. The summed E-state index contributed by atoms with van der Waals surface area (Å²) >= 11 is 0. The Morgan fingerprint density at radius 2 is 2.00 bits per heavy atom. The van der Waals surface area contributed by atoms with Crippen LogP contribution in [0.3, 0.4) is 0 Å². The van der Waals surface area contributed by atoms with Crippen molar-refractivity contribution < 1.29 is 0 Å². The lowest BCUT2D eigenvalue weighted by Crippen LogP contribution is -2.41. The number of hydrogen-bond acceptors (Lipinski definition) is 5. The Morgan fingerprint density at radius 3 is 2.60 bits per heavy atom. The topological polar surface area (TPSA) is 77.4 Å². The Balaban J connectivity index is 2.32. The van der Waals surface area contributed by atoms with Gasteiger partial charge in [0.25, 0.3) is 5.56 Å². The van der Waals surface area contributed by atoms with Crippen LogP contribution in [-0.2, 0) is 20.1 Å². The van der Waals surface area contributed by atoms with E-state index in [0.717, 1.165) is 11.3 Å². The van der Waals surface area contributed by atoms with Crippen LogP contribution >= 0.6 is 0 Å². The van der Waals surface area contributed by atoms with Crippen molar-refractivity contribution >= 4 is 22.8 Å². The summed E-state index contributed by atoms with van der Waals surface area (Å²) in [7, 11) is 1.65. The smallest absolute Gasteiger partial charge is 0.297 e. The fraction of sp³-hybridized carbons (Fsp3) is 0.529.